The Morgan fingerprint density at radius 2 is 2.00 bits per heavy atom. The van der Waals surface area contributed by atoms with Crippen LogP contribution in [0, 0.1) is 0 Å². The standard InChI is InChI=1S/C10H11ClN2O2.CH4O3S/c11-7-3-1-4-8-9(7)13(5-2-6-14)10(15)12-8;1-5(2,3)4/h1,3-4,14H,2,5-6H2,(H,12,15);1H3,(H,2,3,4). The Morgan fingerprint density at radius 3 is 2.55 bits per heavy atom. The van der Waals surface area contributed by atoms with E-state index in [1.54, 1.807) is 22.8 Å². The Morgan fingerprint density at radius 1 is 1.40 bits per heavy atom. The summed E-state index contributed by atoms with van der Waals surface area (Å²) in [6.45, 7) is 0.530. The van der Waals surface area contributed by atoms with Crippen molar-refractivity contribution in [1.29, 1.82) is 0 Å². The Labute approximate surface area is 120 Å². The molecule has 0 saturated carbocycles. The van der Waals surface area contributed by atoms with Crippen molar-refractivity contribution in [2.24, 2.45) is 0 Å². The summed E-state index contributed by atoms with van der Waals surface area (Å²) >= 11 is 6.01. The number of fused-ring (bicyclic) bond motifs is 1. The monoisotopic (exact) mass is 322 g/mol. The van der Waals surface area contributed by atoms with Crippen LogP contribution in [0.25, 0.3) is 11.0 Å². The number of hydrogen-bond acceptors (Lipinski definition) is 4. The average Bonchev–Trinajstić information content (AvgIpc) is 2.61. The zero-order valence-corrected chi connectivity index (χ0v) is 12.3. The highest BCUT2D eigenvalue weighted by molar-refractivity contribution is 7.85. The Balaban J connectivity index is 0.000000347. The van der Waals surface area contributed by atoms with Gasteiger partial charge in [-0.05, 0) is 18.6 Å². The molecule has 0 aliphatic heterocycles. The number of nitrogens with zero attached hydrogens (tertiary/aromatic N) is 1. The minimum Gasteiger partial charge on any atom is -0.396 e. The van der Waals surface area contributed by atoms with Gasteiger partial charge >= 0.3 is 5.69 Å². The smallest absolute Gasteiger partial charge is 0.326 e. The first kappa shape index (κ1) is 16.7. The Kier molecular flexibility index (Phi) is 5.75. The Hall–Kier alpha value is -1.35. The second kappa shape index (κ2) is 6.89. The fraction of sp³-hybridized carbons (Fsp3) is 0.364. The molecule has 1 aromatic heterocycles. The van der Waals surface area contributed by atoms with Gasteiger partial charge in [0.1, 0.15) is 0 Å². The number of H-pyrrole nitrogens is 1. The molecule has 20 heavy (non-hydrogen) atoms. The highest BCUT2D eigenvalue weighted by atomic mass is 35.5. The second-order valence-electron chi connectivity index (χ2n) is 4.03. The number of aromatic nitrogens is 2. The summed E-state index contributed by atoms with van der Waals surface area (Å²) in [6, 6.07) is 5.33. The molecule has 0 aliphatic rings. The van der Waals surface area contributed by atoms with Crippen molar-refractivity contribution in [3.8, 4) is 0 Å². The number of rotatable bonds is 3. The molecule has 0 aliphatic carbocycles. The van der Waals surface area contributed by atoms with Gasteiger partial charge in [-0.25, -0.2) is 4.79 Å². The third kappa shape index (κ3) is 4.97. The molecular weight excluding hydrogens is 308 g/mol. The normalized spacial score (nSPS) is 11.2. The maximum absolute atomic E-state index is 11.6. The third-order valence-electron chi connectivity index (χ3n) is 2.28. The van der Waals surface area contributed by atoms with Crippen LogP contribution in [0.15, 0.2) is 23.0 Å². The van der Waals surface area contributed by atoms with Crippen LogP contribution in [-0.4, -0.2) is 40.5 Å². The predicted molar refractivity (Wildman–Crippen MR) is 76.7 cm³/mol. The maximum atomic E-state index is 11.6. The SMILES string of the molecule is CS(=O)(=O)O.O=c1[nH]c2cccc(Cl)c2n1CCCO. The Bertz CT molecular complexity index is 727. The van der Waals surface area contributed by atoms with Gasteiger partial charge in [0.15, 0.2) is 0 Å². The first-order valence-electron chi connectivity index (χ1n) is 5.64. The number of imidazole rings is 1. The highest BCUT2D eigenvalue weighted by Gasteiger charge is 2.08. The van der Waals surface area contributed by atoms with Gasteiger partial charge in [-0.1, -0.05) is 17.7 Å². The number of benzene rings is 1. The zero-order chi connectivity index (χ0) is 15.3. The van der Waals surface area contributed by atoms with Crippen molar-refractivity contribution in [2.75, 3.05) is 12.9 Å². The van der Waals surface area contributed by atoms with E-state index in [-0.39, 0.29) is 12.3 Å². The van der Waals surface area contributed by atoms with Gasteiger partial charge in [0.2, 0.25) is 0 Å². The molecule has 9 heteroatoms. The lowest BCUT2D eigenvalue weighted by Gasteiger charge is -2.02. The van der Waals surface area contributed by atoms with Crippen LogP contribution in [-0.2, 0) is 16.7 Å². The summed E-state index contributed by atoms with van der Waals surface area (Å²) in [4.78, 5) is 14.3. The lowest BCUT2D eigenvalue weighted by Crippen LogP contribution is -2.17. The fourth-order valence-corrected chi connectivity index (χ4v) is 1.89. The van der Waals surface area contributed by atoms with E-state index in [1.807, 2.05) is 0 Å². The third-order valence-corrected chi connectivity index (χ3v) is 2.59. The van der Waals surface area contributed by atoms with E-state index in [0.717, 1.165) is 5.52 Å². The van der Waals surface area contributed by atoms with Crippen LogP contribution in [0.3, 0.4) is 0 Å². The number of aliphatic hydroxyl groups excluding tert-OH is 1. The van der Waals surface area contributed by atoms with Gasteiger partial charge in [-0.2, -0.15) is 8.42 Å². The molecule has 112 valence electrons. The van der Waals surface area contributed by atoms with E-state index in [2.05, 4.69) is 4.98 Å². The number of aryl methyl sites for hydroxylation is 1. The molecule has 2 aromatic rings. The van der Waals surface area contributed by atoms with Gasteiger partial charge in [0.25, 0.3) is 10.1 Å². The van der Waals surface area contributed by atoms with Crippen molar-refractivity contribution < 1.29 is 18.1 Å². The highest BCUT2D eigenvalue weighted by Crippen LogP contribution is 2.20. The van der Waals surface area contributed by atoms with Crippen LogP contribution >= 0.6 is 11.6 Å². The first-order valence-corrected chi connectivity index (χ1v) is 7.87. The summed E-state index contributed by atoms with van der Waals surface area (Å²) in [5.41, 5.74) is 1.25. The van der Waals surface area contributed by atoms with E-state index in [0.29, 0.717) is 29.8 Å². The maximum Gasteiger partial charge on any atom is 0.326 e. The number of nitrogens with one attached hydrogen (secondary N) is 1. The van der Waals surface area contributed by atoms with Crippen LogP contribution in [0.2, 0.25) is 5.02 Å². The first-order chi connectivity index (χ1) is 9.24. The molecule has 0 fully saturated rings. The average molecular weight is 323 g/mol. The molecule has 3 N–H and O–H groups in total. The van der Waals surface area contributed by atoms with Gasteiger partial charge < -0.3 is 10.1 Å². The van der Waals surface area contributed by atoms with Crippen molar-refractivity contribution in [3.63, 3.8) is 0 Å². The molecule has 0 spiro atoms. The molecule has 0 bridgehead atoms. The molecule has 0 radical (unpaired) electrons. The lowest BCUT2D eigenvalue weighted by molar-refractivity contribution is 0.280. The number of para-hydroxylation sites is 1. The number of aliphatic hydroxyl groups is 1. The molecule has 7 nitrogen and oxygen atoms in total. The van der Waals surface area contributed by atoms with Gasteiger partial charge in [-0.3, -0.25) is 9.12 Å². The van der Waals surface area contributed by atoms with E-state index in [9.17, 15) is 13.2 Å². The van der Waals surface area contributed by atoms with Gasteiger partial charge in [-0.15, -0.1) is 0 Å². The molecule has 1 aromatic carbocycles. The van der Waals surface area contributed by atoms with E-state index in [4.69, 9.17) is 21.3 Å². The quantitative estimate of drug-likeness (QED) is 0.726. The van der Waals surface area contributed by atoms with Crippen molar-refractivity contribution >= 4 is 32.8 Å². The molecule has 2 rings (SSSR count). The van der Waals surface area contributed by atoms with Gasteiger partial charge in [0, 0.05) is 13.2 Å². The summed E-state index contributed by atoms with van der Waals surface area (Å²) in [6.07, 6.45) is 1.26. The topological polar surface area (TPSA) is 112 Å². The number of aromatic amines is 1. The molecule has 0 amide bonds. The minimum atomic E-state index is -3.67. The van der Waals surface area contributed by atoms with E-state index < -0.39 is 10.1 Å². The summed E-state index contributed by atoms with van der Waals surface area (Å²) < 4.78 is 27.4. The molecule has 0 unspecified atom stereocenters. The fourth-order valence-electron chi connectivity index (χ4n) is 1.62. The summed E-state index contributed by atoms with van der Waals surface area (Å²) in [7, 11) is -3.67. The summed E-state index contributed by atoms with van der Waals surface area (Å²) in [5.74, 6) is 0. The van der Waals surface area contributed by atoms with Crippen molar-refractivity contribution in [3.05, 3.63) is 33.7 Å². The van der Waals surface area contributed by atoms with Crippen molar-refractivity contribution in [1.82, 2.24) is 9.55 Å². The lowest BCUT2D eigenvalue weighted by atomic mass is 10.3. The molecule has 0 saturated heterocycles. The van der Waals surface area contributed by atoms with E-state index >= 15 is 0 Å². The van der Waals surface area contributed by atoms with Crippen LogP contribution in [0.4, 0.5) is 0 Å². The zero-order valence-electron chi connectivity index (χ0n) is 10.7. The van der Waals surface area contributed by atoms with E-state index in [1.165, 1.54) is 0 Å². The minimum absolute atomic E-state index is 0.0591. The number of halogens is 1. The van der Waals surface area contributed by atoms with Crippen LogP contribution in [0.5, 0.6) is 0 Å². The summed E-state index contributed by atoms with van der Waals surface area (Å²) in [5, 5.41) is 9.28. The number of hydrogen-bond donors (Lipinski definition) is 3. The molecule has 1 heterocycles. The van der Waals surface area contributed by atoms with Gasteiger partial charge in [0.05, 0.1) is 22.3 Å². The second-order valence-corrected chi connectivity index (χ2v) is 5.90. The molecular formula is C11H15ClN2O5S. The van der Waals surface area contributed by atoms with Crippen LogP contribution in [0.1, 0.15) is 6.42 Å². The largest absolute Gasteiger partial charge is 0.396 e. The van der Waals surface area contributed by atoms with Crippen molar-refractivity contribution in [2.45, 2.75) is 13.0 Å². The predicted octanol–water partition coefficient (Wildman–Crippen LogP) is 0.869. The molecule has 0 atom stereocenters. The van der Waals surface area contributed by atoms with Crippen LogP contribution < -0.4 is 5.69 Å².